The zero-order chi connectivity index (χ0) is 16.1. The Morgan fingerprint density at radius 1 is 1.13 bits per heavy atom. The van der Waals surface area contributed by atoms with Crippen LogP contribution in [-0.2, 0) is 4.79 Å². The van der Waals surface area contributed by atoms with Crippen LogP contribution in [0.15, 0.2) is 53.7 Å². The van der Waals surface area contributed by atoms with E-state index in [-0.39, 0.29) is 5.91 Å². The molecule has 1 saturated heterocycles. The molecule has 2 heterocycles. The number of pyridine rings is 1. The van der Waals surface area contributed by atoms with Crippen LogP contribution in [0.2, 0.25) is 0 Å². The molecule has 120 valence electrons. The molecule has 1 fully saturated rings. The largest absolute Gasteiger partial charge is 0.368 e. The second-order valence-corrected chi connectivity index (χ2v) is 6.66. The SMILES string of the molecule is Cc1cccc(N2CCN(C(=O)CSc3ccccn3)CC2)c1. The van der Waals surface area contributed by atoms with Crippen LogP contribution < -0.4 is 4.90 Å². The number of nitrogens with zero attached hydrogens (tertiary/aromatic N) is 3. The summed E-state index contributed by atoms with van der Waals surface area (Å²) in [6.45, 7) is 5.47. The van der Waals surface area contributed by atoms with Crippen molar-refractivity contribution in [2.45, 2.75) is 11.9 Å². The van der Waals surface area contributed by atoms with Crippen molar-refractivity contribution in [1.82, 2.24) is 9.88 Å². The van der Waals surface area contributed by atoms with Crippen molar-refractivity contribution in [2.75, 3.05) is 36.8 Å². The van der Waals surface area contributed by atoms with Crippen LogP contribution in [0.25, 0.3) is 0 Å². The Labute approximate surface area is 141 Å². The maximum Gasteiger partial charge on any atom is 0.233 e. The number of benzene rings is 1. The van der Waals surface area contributed by atoms with Gasteiger partial charge in [0.05, 0.1) is 10.8 Å². The molecule has 1 amide bonds. The summed E-state index contributed by atoms with van der Waals surface area (Å²) in [7, 11) is 0. The smallest absolute Gasteiger partial charge is 0.233 e. The molecular weight excluding hydrogens is 306 g/mol. The molecule has 4 nitrogen and oxygen atoms in total. The molecular formula is C18H21N3OS. The van der Waals surface area contributed by atoms with Gasteiger partial charge in [-0.25, -0.2) is 4.98 Å². The Morgan fingerprint density at radius 2 is 1.96 bits per heavy atom. The molecule has 5 heteroatoms. The predicted octanol–water partition coefficient (Wildman–Crippen LogP) is 2.83. The molecule has 0 N–H and O–H groups in total. The van der Waals surface area contributed by atoms with E-state index >= 15 is 0 Å². The van der Waals surface area contributed by atoms with Gasteiger partial charge < -0.3 is 9.80 Å². The number of hydrogen-bond donors (Lipinski definition) is 0. The summed E-state index contributed by atoms with van der Waals surface area (Å²) < 4.78 is 0. The topological polar surface area (TPSA) is 36.4 Å². The van der Waals surface area contributed by atoms with Gasteiger partial charge in [-0.05, 0) is 36.8 Å². The lowest BCUT2D eigenvalue weighted by molar-refractivity contribution is -0.128. The molecule has 2 aromatic rings. The maximum absolute atomic E-state index is 12.3. The molecule has 0 spiro atoms. The maximum atomic E-state index is 12.3. The molecule has 0 saturated carbocycles. The van der Waals surface area contributed by atoms with Crippen molar-refractivity contribution in [3.05, 3.63) is 54.2 Å². The van der Waals surface area contributed by atoms with Crippen LogP contribution in [-0.4, -0.2) is 47.7 Å². The molecule has 0 radical (unpaired) electrons. The highest BCUT2D eigenvalue weighted by molar-refractivity contribution is 7.99. The number of carbonyl (C=O) groups excluding carboxylic acids is 1. The first-order chi connectivity index (χ1) is 11.2. The van der Waals surface area contributed by atoms with Crippen LogP contribution >= 0.6 is 11.8 Å². The summed E-state index contributed by atoms with van der Waals surface area (Å²) in [6.07, 6.45) is 1.76. The highest BCUT2D eigenvalue weighted by atomic mass is 32.2. The van der Waals surface area contributed by atoms with E-state index in [0.717, 1.165) is 31.2 Å². The number of carbonyl (C=O) groups is 1. The van der Waals surface area contributed by atoms with Gasteiger partial charge in [-0.1, -0.05) is 30.0 Å². The number of piperazine rings is 1. The van der Waals surface area contributed by atoms with E-state index in [1.54, 1.807) is 6.20 Å². The zero-order valence-electron chi connectivity index (χ0n) is 13.3. The number of amides is 1. The Hall–Kier alpha value is -2.01. The van der Waals surface area contributed by atoms with Crippen molar-refractivity contribution in [1.29, 1.82) is 0 Å². The number of rotatable bonds is 4. The Morgan fingerprint density at radius 3 is 2.65 bits per heavy atom. The number of hydrogen-bond acceptors (Lipinski definition) is 4. The lowest BCUT2D eigenvalue weighted by atomic mass is 10.2. The monoisotopic (exact) mass is 327 g/mol. The minimum Gasteiger partial charge on any atom is -0.368 e. The van der Waals surface area contributed by atoms with Crippen LogP contribution in [0.3, 0.4) is 0 Å². The minimum atomic E-state index is 0.199. The molecule has 0 aliphatic carbocycles. The minimum absolute atomic E-state index is 0.199. The van der Waals surface area contributed by atoms with Crippen LogP contribution in [0.4, 0.5) is 5.69 Å². The quantitative estimate of drug-likeness (QED) is 0.809. The lowest BCUT2D eigenvalue weighted by Gasteiger charge is -2.36. The summed E-state index contributed by atoms with van der Waals surface area (Å²) >= 11 is 1.51. The van der Waals surface area contributed by atoms with Crippen molar-refractivity contribution in [3.8, 4) is 0 Å². The second-order valence-electron chi connectivity index (χ2n) is 5.66. The summed E-state index contributed by atoms with van der Waals surface area (Å²) in [4.78, 5) is 20.9. The van der Waals surface area contributed by atoms with E-state index in [0.29, 0.717) is 5.75 Å². The second kappa shape index (κ2) is 7.51. The Kier molecular flexibility index (Phi) is 5.18. The normalized spacial score (nSPS) is 14.8. The molecule has 1 aliphatic heterocycles. The molecule has 0 bridgehead atoms. The number of aromatic nitrogens is 1. The highest BCUT2D eigenvalue weighted by Gasteiger charge is 2.21. The zero-order valence-corrected chi connectivity index (χ0v) is 14.1. The molecule has 1 aliphatic rings. The standard InChI is InChI=1S/C18H21N3OS/c1-15-5-4-6-16(13-15)20-9-11-21(12-10-20)18(22)14-23-17-7-2-3-8-19-17/h2-8,13H,9-12,14H2,1H3. The Balaban J connectivity index is 1.49. The fraction of sp³-hybridized carbons (Fsp3) is 0.333. The van der Waals surface area contributed by atoms with Gasteiger partial charge in [0.1, 0.15) is 0 Å². The van der Waals surface area contributed by atoms with Gasteiger partial charge in [0.2, 0.25) is 5.91 Å². The number of aryl methyl sites for hydroxylation is 1. The van der Waals surface area contributed by atoms with Gasteiger partial charge in [0, 0.05) is 38.1 Å². The van der Waals surface area contributed by atoms with Gasteiger partial charge in [-0.3, -0.25) is 4.79 Å². The van der Waals surface area contributed by atoms with Crippen LogP contribution in [0.1, 0.15) is 5.56 Å². The van der Waals surface area contributed by atoms with Gasteiger partial charge in [-0.2, -0.15) is 0 Å². The molecule has 0 unspecified atom stereocenters. The summed E-state index contributed by atoms with van der Waals surface area (Å²) in [6, 6.07) is 14.3. The average Bonchev–Trinajstić information content (AvgIpc) is 2.61. The highest BCUT2D eigenvalue weighted by Crippen LogP contribution is 2.19. The van der Waals surface area contributed by atoms with Gasteiger partial charge in [-0.15, -0.1) is 0 Å². The van der Waals surface area contributed by atoms with E-state index in [4.69, 9.17) is 0 Å². The number of thioether (sulfide) groups is 1. The molecule has 1 aromatic heterocycles. The summed E-state index contributed by atoms with van der Waals surface area (Å²) in [5.41, 5.74) is 2.52. The fourth-order valence-electron chi connectivity index (χ4n) is 2.70. The van der Waals surface area contributed by atoms with Crippen LogP contribution in [0.5, 0.6) is 0 Å². The van der Waals surface area contributed by atoms with E-state index in [9.17, 15) is 4.79 Å². The average molecular weight is 327 g/mol. The van der Waals surface area contributed by atoms with Crippen molar-refractivity contribution in [3.63, 3.8) is 0 Å². The fourth-order valence-corrected chi connectivity index (χ4v) is 3.46. The lowest BCUT2D eigenvalue weighted by Crippen LogP contribution is -2.49. The number of anilines is 1. The predicted molar refractivity (Wildman–Crippen MR) is 94.9 cm³/mol. The molecule has 0 atom stereocenters. The molecule has 23 heavy (non-hydrogen) atoms. The van der Waals surface area contributed by atoms with Crippen molar-refractivity contribution >= 4 is 23.4 Å². The van der Waals surface area contributed by atoms with Crippen molar-refractivity contribution < 1.29 is 4.79 Å². The first-order valence-electron chi connectivity index (χ1n) is 7.85. The van der Waals surface area contributed by atoms with Gasteiger partial charge in [0.15, 0.2) is 0 Å². The summed E-state index contributed by atoms with van der Waals surface area (Å²) in [5, 5.41) is 0.902. The van der Waals surface area contributed by atoms with E-state index < -0.39 is 0 Å². The van der Waals surface area contributed by atoms with Gasteiger partial charge >= 0.3 is 0 Å². The molecule has 1 aromatic carbocycles. The van der Waals surface area contributed by atoms with Gasteiger partial charge in [0.25, 0.3) is 0 Å². The molecule has 3 rings (SSSR count). The summed E-state index contributed by atoms with van der Waals surface area (Å²) in [5.74, 6) is 0.658. The Bertz CT molecular complexity index is 654. The van der Waals surface area contributed by atoms with E-state index in [1.807, 2.05) is 23.1 Å². The van der Waals surface area contributed by atoms with Crippen LogP contribution in [0, 0.1) is 6.92 Å². The van der Waals surface area contributed by atoms with E-state index in [2.05, 4.69) is 41.1 Å². The van der Waals surface area contributed by atoms with Crippen molar-refractivity contribution in [2.24, 2.45) is 0 Å². The first kappa shape index (κ1) is 15.9. The van der Waals surface area contributed by atoms with E-state index in [1.165, 1.54) is 23.0 Å². The third kappa shape index (κ3) is 4.26. The third-order valence-corrected chi connectivity index (χ3v) is 4.91. The third-order valence-electron chi connectivity index (χ3n) is 3.98. The first-order valence-corrected chi connectivity index (χ1v) is 8.84.